The number of anilines is 1. The van der Waals surface area contributed by atoms with Gasteiger partial charge < -0.3 is 10.6 Å². The van der Waals surface area contributed by atoms with Crippen LogP contribution >= 0.6 is 0 Å². The molecule has 19 heavy (non-hydrogen) atoms. The molecule has 0 bridgehead atoms. The maximum Gasteiger partial charge on any atom is 0.299 e. The minimum Gasteiger partial charge on any atom is -0.364 e. The zero-order valence-electron chi connectivity index (χ0n) is 10.4. The van der Waals surface area contributed by atoms with Crippen LogP contribution < -0.4 is 10.6 Å². The minimum atomic E-state index is -0.644. The minimum absolute atomic E-state index is 0.0465. The van der Waals surface area contributed by atoms with E-state index in [2.05, 4.69) is 0 Å². The largest absolute Gasteiger partial charge is 0.364 e. The van der Waals surface area contributed by atoms with E-state index in [9.17, 15) is 20.2 Å². The normalized spacial score (nSPS) is 22.5. The van der Waals surface area contributed by atoms with Crippen LogP contribution in [-0.4, -0.2) is 29.0 Å². The second-order valence-corrected chi connectivity index (χ2v) is 4.73. The Morgan fingerprint density at radius 1 is 1.26 bits per heavy atom. The number of nitro groups is 2. The molecule has 2 unspecified atom stereocenters. The molecule has 1 saturated heterocycles. The van der Waals surface area contributed by atoms with Gasteiger partial charge in [-0.3, -0.25) is 20.2 Å². The molecule has 8 nitrogen and oxygen atoms in total. The third-order valence-electron chi connectivity index (χ3n) is 3.38. The highest BCUT2D eigenvalue weighted by Gasteiger charge is 2.31. The first-order valence-corrected chi connectivity index (χ1v) is 5.83. The van der Waals surface area contributed by atoms with Gasteiger partial charge in [0, 0.05) is 25.2 Å². The molecule has 1 fully saturated rings. The fourth-order valence-electron chi connectivity index (χ4n) is 2.23. The molecule has 0 radical (unpaired) electrons. The predicted molar refractivity (Wildman–Crippen MR) is 69.1 cm³/mol. The summed E-state index contributed by atoms with van der Waals surface area (Å²) in [5, 5.41) is 21.7. The maximum absolute atomic E-state index is 11.0. The van der Waals surface area contributed by atoms with E-state index in [-0.39, 0.29) is 23.3 Å². The fourth-order valence-corrected chi connectivity index (χ4v) is 2.23. The van der Waals surface area contributed by atoms with Gasteiger partial charge in [-0.25, -0.2) is 0 Å². The summed E-state index contributed by atoms with van der Waals surface area (Å²) in [5.74, 6) is 0.231. The Kier molecular flexibility index (Phi) is 3.34. The fraction of sp³-hybridized carbons (Fsp3) is 0.455. The summed E-state index contributed by atoms with van der Waals surface area (Å²) in [7, 11) is 0. The molecule has 8 heteroatoms. The second-order valence-electron chi connectivity index (χ2n) is 4.73. The molecule has 2 rings (SSSR count). The molecule has 0 aliphatic carbocycles. The van der Waals surface area contributed by atoms with Crippen molar-refractivity contribution in [2.24, 2.45) is 11.7 Å². The van der Waals surface area contributed by atoms with E-state index in [0.717, 1.165) is 6.07 Å². The van der Waals surface area contributed by atoms with Crippen molar-refractivity contribution >= 4 is 17.1 Å². The quantitative estimate of drug-likeness (QED) is 0.650. The number of hydrogen-bond donors (Lipinski definition) is 1. The summed E-state index contributed by atoms with van der Waals surface area (Å²) >= 11 is 0. The SMILES string of the molecule is CC1CN(c2ccc([N+](=O)[O-])cc2[N+](=O)[O-])CC1N. The van der Waals surface area contributed by atoms with Gasteiger partial charge in [0.05, 0.1) is 15.9 Å². The zero-order chi connectivity index (χ0) is 14.2. The van der Waals surface area contributed by atoms with Gasteiger partial charge in [0.2, 0.25) is 0 Å². The topological polar surface area (TPSA) is 116 Å². The van der Waals surface area contributed by atoms with Gasteiger partial charge in [-0.1, -0.05) is 6.92 Å². The zero-order valence-corrected chi connectivity index (χ0v) is 10.4. The molecule has 0 aromatic heterocycles. The van der Waals surface area contributed by atoms with Crippen molar-refractivity contribution < 1.29 is 9.85 Å². The number of nitrogens with zero attached hydrogens (tertiary/aromatic N) is 3. The summed E-state index contributed by atoms with van der Waals surface area (Å²) in [6.45, 7) is 3.10. The molecule has 0 amide bonds. The van der Waals surface area contributed by atoms with Crippen molar-refractivity contribution in [1.82, 2.24) is 0 Å². The van der Waals surface area contributed by atoms with E-state index in [1.165, 1.54) is 12.1 Å². The Morgan fingerprint density at radius 3 is 2.42 bits per heavy atom. The number of non-ortho nitro benzene ring substituents is 1. The molecular formula is C11H14N4O4. The van der Waals surface area contributed by atoms with Crippen LogP contribution in [0.2, 0.25) is 0 Å². The molecule has 0 spiro atoms. The first-order chi connectivity index (χ1) is 8.90. The molecule has 2 atom stereocenters. The highest BCUT2D eigenvalue weighted by Crippen LogP contribution is 2.34. The Labute approximate surface area is 109 Å². The lowest BCUT2D eigenvalue weighted by atomic mass is 10.1. The Morgan fingerprint density at radius 2 is 1.95 bits per heavy atom. The molecule has 1 aromatic carbocycles. The third kappa shape index (κ3) is 2.48. The number of nitrogens with two attached hydrogens (primary N) is 1. The van der Waals surface area contributed by atoms with Gasteiger partial charge in [0.1, 0.15) is 5.69 Å². The van der Waals surface area contributed by atoms with Crippen molar-refractivity contribution in [3.63, 3.8) is 0 Å². The van der Waals surface area contributed by atoms with Crippen molar-refractivity contribution in [2.45, 2.75) is 13.0 Å². The summed E-state index contributed by atoms with van der Waals surface area (Å²) in [6, 6.07) is 3.64. The lowest BCUT2D eigenvalue weighted by molar-refractivity contribution is -0.393. The molecule has 1 aliphatic rings. The van der Waals surface area contributed by atoms with Gasteiger partial charge in [-0.15, -0.1) is 0 Å². The van der Waals surface area contributed by atoms with Crippen LogP contribution in [0.5, 0.6) is 0 Å². The molecular weight excluding hydrogens is 252 g/mol. The van der Waals surface area contributed by atoms with Gasteiger partial charge >= 0.3 is 0 Å². The van der Waals surface area contributed by atoms with Gasteiger partial charge in [-0.2, -0.15) is 0 Å². The second kappa shape index (κ2) is 4.81. The van der Waals surface area contributed by atoms with Crippen LogP contribution in [0.4, 0.5) is 17.1 Å². The first kappa shape index (κ1) is 13.2. The number of hydrogen-bond acceptors (Lipinski definition) is 6. The van der Waals surface area contributed by atoms with E-state index in [1.807, 2.05) is 6.92 Å². The first-order valence-electron chi connectivity index (χ1n) is 5.83. The molecule has 1 aliphatic heterocycles. The van der Waals surface area contributed by atoms with E-state index >= 15 is 0 Å². The molecule has 102 valence electrons. The van der Waals surface area contributed by atoms with Crippen molar-refractivity contribution in [2.75, 3.05) is 18.0 Å². The van der Waals surface area contributed by atoms with Crippen LogP contribution in [0.1, 0.15) is 6.92 Å². The lowest BCUT2D eigenvalue weighted by Crippen LogP contribution is -2.28. The highest BCUT2D eigenvalue weighted by molar-refractivity contribution is 5.67. The van der Waals surface area contributed by atoms with E-state index in [0.29, 0.717) is 18.8 Å². The Bertz CT molecular complexity index is 523. The maximum atomic E-state index is 11.0. The Balaban J connectivity index is 2.40. The number of nitro benzene ring substituents is 2. The molecule has 2 N–H and O–H groups in total. The number of rotatable bonds is 3. The standard InChI is InChI=1S/C11H14N4O4/c1-7-5-13(6-9(7)12)10-3-2-8(14(16)17)4-11(10)15(18)19/h2-4,7,9H,5-6,12H2,1H3. The van der Waals surface area contributed by atoms with Gasteiger partial charge in [0.15, 0.2) is 0 Å². The van der Waals surface area contributed by atoms with Crippen LogP contribution in [0.15, 0.2) is 18.2 Å². The summed E-state index contributed by atoms with van der Waals surface area (Å²) in [5.41, 5.74) is 5.74. The summed E-state index contributed by atoms with van der Waals surface area (Å²) < 4.78 is 0. The third-order valence-corrected chi connectivity index (χ3v) is 3.38. The lowest BCUT2D eigenvalue weighted by Gasteiger charge is -2.17. The van der Waals surface area contributed by atoms with Gasteiger partial charge in [0.25, 0.3) is 11.4 Å². The average molecular weight is 266 g/mol. The highest BCUT2D eigenvalue weighted by atomic mass is 16.6. The van der Waals surface area contributed by atoms with Crippen molar-refractivity contribution in [3.8, 4) is 0 Å². The van der Waals surface area contributed by atoms with Crippen molar-refractivity contribution in [3.05, 3.63) is 38.4 Å². The Hall–Kier alpha value is -2.22. The van der Waals surface area contributed by atoms with Crippen LogP contribution in [0, 0.1) is 26.1 Å². The monoisotopic (exact) mass is 266 g/mol. The van der Waals surface area contributed by atoms with E-state index in [4.69, 9.17) is 5.73 Å². The van der Waals surface area contributed by atoms with Gasteiger partial charge in [-0.05, 0) is 12.0 Å². The van der Waals surface area contributed by atoms with E-state index < -0.39 is 9.85 Å². The molecule has 1 aromatic rings. The van der Waals surface area contributed by atoms with E-state index in [1.54, 1.807) is 4.90 Å². The van der Waals surface area contributed by atoms with Crippen molar-refractivity contribution in [1.29, 1.82) is 0 Å². The summed E-state index contributed by atoms with van der Waals surface area (Å²) in [6.07, 6.45) is 0. The van der Waals surface area contributed by atoms with Crippen LogP contribution in [0.3, 0.4) is 0 Å². The number of benzene rings is 1. The smallest absolute Gasteiger partial charge is 0.299 e. The summed E-state index contributed by atoms with van der Waals surface area (Å²) in [4.78, 5) is 22.3. The average Bonchev–Trinajstić information content (AvgIpc) is 2.68. The molecule has 0 saturated carbocycles. The molecule has 1 heterocycles. The van der Waals surface area contributed by atoms with Crippen LogP contribution in [0.25, 0.3) is 0 Å². The van der Waals surface area contributed by atoms with Crippen LogP contribution in [-0.2, 0) is 0 Å². The predicted octanol–water partition coefficient (Wildman–Crippen LogP) is 1.29.